The maximum absolute atomic E-state index is 3.83. The van der Waals surface area contributed by atoms with Crippen LogP contribution in [0.1, 0.15) is 108 Å². The largest absolute Gasteiger partial charge is 0.0955 e. The molecule has 0 unspecified atom stereocenters. The molecule has 0 bridgehead atoms. The van der Waals surface area contributed by atoms with Crippen molar-refractivity contribution in [1.29, 1.82) is 0 Å². The lowest BCUT2D eigenvalue weighted by Crippen LogP contribution is -1.86. The molecule has 0 amide bonds. The summed E-state index contributed by atoms with van der Waals surface area (Å²) in [6.45, 7) is 34.6. The second kappa shape index (κ2) is 24.8. The van der Waals surface area contributed by atoms with Crippen molar-refractivity contribution in [3.63, 3.8) is 0 Å². The number of rotatable bonds is 7. The number of hydrogen-bond acceptors (Lipinski definition) is 0. The van der Waals surface area contributed by atoms with Crippen LogP contribution in [0.25, 0.3) is 0 Å². The fourth-order valence-electron chi connectivity index (χ4n) is 2.65. The summed E-state index contributed by atoms with van der Waals surface area (Å²) in [6, 6.07) is 15.1. The molecule has 0 saturated heterocycles. The first-order valence-electron chi connectivity index (χ1n) is 13.7. The highest BCUT2D eigenvalue weighted by Gasteiger charge is 1.96. The van der Waals surface area contributed by atoms with E-state index in [2.05, 4.69) is 118 Å². The molecule has 0 aliphatic carbocycles. The van der Waals surface area contributed by atoms with Crippen molar-refractivity contribution in [3.8, 4) is 0 Å². The molecule has 0 aliphatic heterocycles. The Hall–Kier alpha value is -2.34. The van der Waals surface area contributed by atoms with Crippen molar-refractivity contribution >= 4 is 0 Å². The van der Waals surface area contributed by atoms with Gasteiger partial charge in [-0.2, -0.15) is 0 Å². The highest BCUT2D eigenvalue weighted by atomic mass is 14.0. The van der Waals surface area contributed by atoms with Gasteiger partial charge >= 0.3 is 0 Å². The van der Waals surface area contributed by atoms with Gasteiger partial charge in [-0.05, 0) is 92.8 Å². The first-order chi connectivity index (χ1) is 16.5. The Morgan fingerprint density at radius 1 is 0.657 bits per heavy atom. The Labute approximate surface area is 221 Å². The topological polar surface area (TPSA) is 0 Å². The van der Waals surface area contributed by atoms with E-state index in [0.717, 1.165) is 23.1 Å². The van der Waals surface area contributed by atoms with Gasteiger partial charge in [0, 0.05) is 0 Å². The van der Waals surface area contributed by atoms with E-state index in [1.165, 1.54) is 59.9 Å². The maximum atomic E-state index is 3.83. The SMILES string of the molecule is C=C(C)C(=C)C(=C)CC.CC.CCCC.CCCCc1ccccc1.Cc1cc(C)c(C)cc1C. The smallest absolute Gasteiger partial charge is 0.0279 e. The molecule has 0 heterocycles. The number of aryl methyl sites for hydroxylation is 5. The van der Waals surface area contributed by atoms with Crippen LogP contribution in [0.5, 0.6) is 0 Å². The number of benzene rings is 2. The van der Waals surface area contributed by atoms with Gasteiger partial charge in [-0.1, -0.05) is 129 Å². The Bertz CT molecular complexity index is 753. The molecule has 198 valence electrons. The molecule has 0 aliphatic rings. The maximum Gasteiger partial charge on any atom is -0.0279 e. The molecule has 2 aromatic rings. The lowest BCUT2D eigenvalue weighted by atomic mass is 10.0. The van der Waals surface area contributed by atoms with Gasteiger partial charge in [0.05, 0.1) is 0 Å². The second-order valence-corrected chi connectivity index (χ2v) is 8.83. The molecule has 0 N–H and O–H groups in total. The van der Waals surface area contributed by atoms with E-state index in [1.54, 1.807) is 0 Å². The van der Waals surface area contributed by atoms with Gasteiger partial charge in [0.2, 0.25) is 0 Å². The van der Waals surface area contributed by atoms with Gasteiger partial charge in [0.25, 0.3) is 0 Å². The average molecular weight is 479 g/mol. The van der Waals surface area contributed by atoms with Crippen LogP contribution in [0, 0.1) is 27.7 Å². The van der Waals surface area contributed by atoms with Gasteiger partial charge in [-0.25, -0.2) is 0 Å². The summed E-state index contributed by atoms with van der Waals surface area (Å²) < 4.78 is 0. The lowest BCUT2D eigenvalue weighted by molar-refractivity contribution is 0.795. The monoisotopic (exact) mass is 478 g/mol. The molecule has 2 rings (SSSR count). The van der Waals surface area contributed by atoms with Gasteiger partial charge < -0.3 is 0 Å². The van der Waals surface area contributed by atoms with E-state index in [4.69, 9.17) is 0 Å². The summed E-state index contributed by atoms with van der Waals surface area (Å²) >= 11 is 0. The molecule has 0 fully saturated rings. The van der Waals surface area contributed by atoms with Gasteiger partial charge in [-0.15, -0.1) is 0 Å². The molecular weight excluding hydrogens is 420 g/mol. The first-order valence-corrected chi connectivity index (χ1v) is 13.7. The summed E-state index contributed by atoms with van der Waals surface area (Å²) in [5.74, 6) is 0. The van der Waals surface area contributed by atoms with Gasteiger partial charge in [-0.3, -0.25) is 0 Å². The Morgan fingerprint density at radius 3 is 1.31 bits per heavy atom. The normalized spacial score (nSPS) is 8.89. The van der Waals surface area contributed by atoms with Gasteiger partial charge in [0.15, 0.2) is 0 Å². The van der Waals surface area contributed by atoms with E-state index in [1.807, 2.05) is 20.8 Å². The predicted octanol–water partition coefficient (Wildman–Crippen LogP) is 11.9. The van der Waals surface area contributed by atoms with Crippen LogP contribution in [0.2, 0.25) is 0 Å². The minimum Gasteiger partial charge on any atom is -0.0955 e. The van der Waals surface area contributed by atoms with Crippen LogP contribution in [-0.4, -0.2) is 0 Å². The first kappa shape index (κ1) is 37.2. The highest BCUT2D eigenvalue weighted by molar-refractivity contribution is 5.40. The summed E-state index contributed by atoms with van der Waals surface area (Å²) in [5, 5.41) is 0. The van der Waals surface area contributed by atoms with E-state index in [-0.39, 0.29) is 0 Å². The zero-order valence-corrected chi connectivity index (χ0v) is 25.4. The van der Waals surface area contributed by atoms with Crippen molar-refractivity contribution in [3.05, 3.63) is 107 Å². The van der Waals surface area contributed by atoms with Crippen LogP contribution < -0.4 is 0 Å². The van der Waals surface area contributed by atoms with Crippen LogP contribution >= 0.6 is 0 Å². The van der Waals surface area contributed by atoms with Crippen LogP contribution in [0.3, 0.4) is 0 Å². The molecule has 0 atom stereocenters. The highest BCUT2D eigenvalue weighted by Crippen LogP contribution is 2.15. The summed E-state index contributed by atoms with van der Waals surface area (Å²) in [7, 11) is 0. The molecule has 0 aromatic heterocycles. The van der Waals surface area contributed by atoms with E-state index < -0.39 is 0 Å². The molecule has 0 spiro atoms. The van der Waals surface area contributed by atoms with E-state index in [9.17, 15) is 0 Å². The minimum atomic E-state index is 0.964. The van der Waals surface area contributed by atoms with Crippen molar-refractivity contribution in [2.75, 3.05) is 0 Å². The third kappa shape index (κ3) is 20.7. The van der Waals surface area contributed by atoms with Crippen LogP contribution in [-0.2, 0) is 6.42 Å². The standard InChI is InChI=1S/2C10H14.C9H14.C4H10.C2H6/c1-7-5-9(3)10(4)6-8(7)2;1-2-3-7-10-8-5-4-6-9-10;1-6-8(4)9(5)7(2)3;1-3-4-2;1-2/h5-6H,1-4H3;4-6,8-9H,2-3,7H2,1H3;2,4-6H2,1,3H3;3-4H2,1-2H3;1-2H3. The molecule has 2 aromatic carbocycles. The molecule has 35 heavy (non-hydrogen) atoms. The number of unbranched alkanes of at least 4 members (excludes halogenated alkanes) is 2. The quantitative estimate of drug-likeness (QED) is 0.347. The summed E-state index contributed by atoms with van der Waals surface area (Å²) in [4.78, 5) is 0. The summed E-state index contributed by atoms with van der Waals surface area (Å²) in [5.41, 5.74) is 10.1. The van der Waals surface area contributed by atoms with E-state index in [0.29, 0.717) is 0 Å². The fourth-order valence-corrected chi connectivity index (χ4v) is 2.65. The zero-order chi connectivity index (χ0) is 27.8. The van der Waals surface area contributed by atoms with Crippen LogP contribution in [0.15, 0.2) is 78.9 Å². The molecule has 0 nitrogen and oxygen atoms in total. The van der Waals surface area contributed by atoms with E-state index >= 15 is 0 Å². The Morgan fingerprint density at radius 2 is 1.06 bits per heavy atom. The lowest BCUT2D eigenvalue weighted by Gasteiger charge is -2.04. The van der Waals surface area contributed by atoms with Crippen molar-refractivity contribution in [1.82, 2.24) is 0 Å². The third-order valence-corrected chi connectivity index (χ3v) is 5.64. The second-order valence-electron chi connectivity index (χ2n) is 8.83. The predicted molar refractivity (Wildman–Crippen MR) is 166 cm³/mol. The van der Waals surface area contributed by atoms with Crippen molar-refractivity contribution < 1.29 is 0 Å². The molecule has 0 heteroatoms. The Kier molecular flexibility index (Phi) is 26.3. The van der Waals surface area contributed by atoms with Gasteiger partial charge in [0.1, 0.15) is 0 Å². The van der Waals surface area contributed by atoms with Crippen molar-refractivity contribution in [2.24, 2.45) is 0 Å². The fraction of sp³-hybridized carbons (Fsp3) is 0.486. The van der Waals surface area contributed by atoms with Crippen LogP contribution in [0.4, 0.5) is 0 Å². The molecular formula is C35H58. The average Bonchev–Trinajstić information content (AvgIpc) is 2.88. The Balaban J connectivity index is -0.000000395. The number of hydrogen-bond donors (Lipinski definition) is 0. The molecule has 0 saturated carbocycles. The summed E-state index contributed by atoms with van der Waals surface area (Å²) in [6.07, 6.45) is 7.43. The molecule has 0 radical (unpaired) electrons. The minimum absolute atomic E-state index is 0.964. The van der Waals surface area contributed by atoms with Crippen molar-refractivity contribution in [2.45, 2.75) is 115 Å². The number of allylic oxidation sites excluding steroid dienone is 3. The third-order valence-electron chi connectivity index (χ3n) is 5.64. The zero-order valence-electron chi connectivity index (χ0n) is 25.4.